The minimum absolute atomic E-state index is 0.249. The summed E-state index contributed by atoms with van der Waals surface area (Å²) in [5.41, 5.74) is 0.525. The van der Waals surface area contributed by atoms with Gasteiger partial charge in [-0.25, -0.2) is 0 Å². The van der Waals surface area contributed by atoms with Crippen molar-refractivity contribution in [1.29, 1.82) is 0 Å². The molecule has 18 heavy (non-hydrogen) atoms. The fraction of sp³-hybridized carbons (Fsp3) is 0.600. The van der Waals surface area contributed by atoms with Gasteiger partial charge in [-0.2, -0.15) is 0 Å². The summed E-state index contributed by atoms with van der Waals surface area (Å²) in [6, 6.07) is 8.27. The summed E-state index contributed by atoms with van der Waals surface area (Å²) in [5, 5.41) is 13.5. The lowest BCUT2D eigenvalue weighted by molar-refractivity contribution is 0.00102. The van der Waals surface area contributed by atoms with Crippen molar-refractivity contribution in [1.82, 2.24) is 5.32 Å². The maximum absolute atomic E-state index is 10.3. The SMILES string of the molecule is CNC(C)c1ccccc1OCC1(O)CCCC1. The summed E-state index contributed by atoms with van der Waals surface area (Å²) in [4.78, 5) is 0. The van der Waals surface area contributed by atoms with E-state index in [1.165, 1.54) is 0 Å². The predicted octanol–water partition coefficient (Wildman–Crippen LogP) is 2.65. The van der Waals surface area contributed by atoms with Gasteiger partial charge in [-0.3, -0.25) is 0 Å². The van der Waals surface area contributed by atoms with Crippen molar-refractivity contribution in [2.75, 3.05) is 13.7 Å². The maximum Gasteiger partial charge on any atom is 0.124 e. The highest BCUT2D eigenvalue weighted by Gasteiger charge is 2.32. The second kappa shape index (κ2) is 5.72. The molecule has 0 radical (unpaired) electrons. The van der Waals surface area contributed by atoms with E-state index in [9.17, 15) is 5.11 Å². The fourth-order valence-corrected chi connectivity index (χ4v) is 2.51. The van der Waals surface area contributed by atoms with Crippen LogP contribution in [-0.2, 0) is 0 Å². The molecule has 0 aliphatic heterocycles. The van der Waals surface area contributed by atoms with Crippen LogP contribution >= 0.6 is 0 Å². The van der Waals surface area contributed by atoms with Crippen LogP contribution in [0.3, 0.4) is 0 Å². The summed E-state index contributed by atoms with van der Waals surface area (Å²) in [6.07, 6.45) is 3.93. The molecule has 1 aromatic carbocycles. The number of benzene rings is 1. The van der Waals surface area contributed by atoms with Gasteiger partial charge < -0.3 is 15.2 Å². The van der Waals surface area contributed by atoms with Crippen LogP contribution in [0, 0.1) is 0 Å². The zero-order valence-electron chi connectivity index (χ0n) is 11.3. The van der Waals surface area contributed by atoms with Gasteiger partial charge in [0.15, 0.2) is 0 Å². The quantitative estimate of drug-likeness (QED) is 0.843. The zero-order valence-corrected chi connectivity index (χ0v) is 11.3. The summed E-state index contributed by atoms with van der Waals surface area (Å²) in [7, 11) is 1.94. The van der Waals surface area contributed by atoms with E-state index in [1.807, 2.05) is 25.2 Å². The van der Waals surface area contributed by atoms with Crippen molar-refractivity contribution in [2.45, 2.75) is 44.2 Å². The Labute approximate surface area is 109 Å². The molecule has 1 atom stereocenters. The van der Waals surface area contributed by atoms with Gasteiger partial charge >= 0.3 is 0 Å². The molecule has 1 unspecified atom stereocenters. The van der Waals surface area contributed by atoms with Crippen molar-refractivity contribution < 1.29 is 9.84 Å². The average molecular weight is 249 g/mol. The molecule has 1 aromatic rings. The van der Waals surface area contributed by atoms with Gasteiger partial charge in [0.1, 0.15) is 12.4 Å². The lowest BCUT2D eigenvalue weighted by Crippen LogP contribution is -2.32. The van der Waals surface area contributed by atoms with Gasteiger partial charge in [-0.05, 0) is 32.9 Å². The summed E-state index contributed by atoms with van der Waals surface area (Å²) in [6.45, 7) is 2.51. The average Bonchev–Trinajstić information content (AvgIpc) is 2.83. The number of aliphatic hydroxyl groups is 1. The molecule has 1 aliphatic carbocycles. The number of rotatable bonds is 5. The summed E-state index contributed by atoms with van der Waals surface area (Å²) < 4.78 is 5.86. The standard InChI is InChI=1S/C15H23NO2/c1-12(16-2)13-7-3-4-8-14(13)18-11-15(17)9-5-6-10-15/h3-4,7-8,12,16-17H,5-6,9-11H2,1-2H3. The van der Waals surface area contributed by atoms with Gasteiger partial charge in [-0.15, -0.1) is 0 Å². The lowest BCUT2D eigenvalue weighted by Gasteiger charge is -2.24. The molecule has 0 heterocycles. The van der Waals surface area contributed by atoms with E-state index in [0.29, 0.717) is 6.61 Å². The number of hydrogen-bond donors (Lipinski definition) is 2. The van der Waals surface area contributed by atoms with E-state index in [0.717, 1.165) is 37.0 Å². The lowest BCUT2D eigenvalue weighted by atomic mass is 10.0. The Hall–Kier alpha value is -1.06. The van der Waals surface area contributed by atoms with E-state index in [1.54, 1.807) is 0 Å². The first-order valence-electron chi connectivity index (χ1n) is 6.76. The summed E-state index contributed by atoms with van der Waals surface area (Å²) >= 11 is 0. The molecule has 0 spiro atoms. The normalized spacial score (nSPS) is 19.7. The van der Waals surface area contributed by atoms with Crippen LogP contribution in [0.2, 0.25) is 0 Å². The number of hydrogen-bond acceptors (Lipinski definition) is 3. The molecule has 2 rings (SSSR count). The maximum atomic E-state index is 10.3. The topological polar surface area (TPSA) is 41.5 Å². The summed E-state index contributed by atoms with van der Waals surface area (Å²) in [5.74, 6) is 0.875. The molecule has 2 N–H and O–H groups in total. The minimum Gasteiger partial charge on any atom is -0.490 e. The smallest absolute Gasteiger partial charge is 0.124 e. The Bertz CT molecular complexity index is 386. The Morgan fingerprint density at radius 2 is 2.00 bits per heavy atom. The molecular weight excluding hydrogens is 226 g/mol. The van der Waals surface area contributed by atoms with Crippen LogP contribution < -0.4 is 10.1 Å². The Morgan fingerprint density at radius 3 is 2.67 bits per heavy atom. The molecule has 3 heteroatoms. The Morgan fingerprint density at radius 1 is 1.33 bits per heavy atom. The number of nitrogens with one attached hydrogen (secondary N) is 1. The first-order chi connectivity index (χ1) is 8.64. The van der Waals surface area contributed by atoms with Gasteiger partial charge in [0, 0.05) is 11.6 Å². The third kappa shape index (κ3) is 3.03. The van der Waals surface area contributed by atoms with Gasteiger partial charge in [0.25, 0.3) is 0 Å². The molecule has 0 aromatic heterocycles. The Balaban J connectivity index is 2.04. The molecule has 100 valence electrons. The fourth-order valence-electron chi connectivity index (χ4n) is 2.51. The molecule has 0 saturated heterocycles. The third-order valence-electron chi connectivity index (χ3n) is 3.85. The highest BCUT2D eigenvalue weighted by atomic mass is 16.5. The number of para-hydroxylation sites is 1. The second-order valence-corrected chi connectivity index (χ2v) is 5.27. The van der Waals surface area contributed by atoms with E-state index in [4.69, 9.17) is 4.74 Å². The van der Waals surface area contributed by atoms with Crippen LogP contribution in [0.25, 0.3) is 0 Å². The van der Waals surface area contributed by atoms with E-state index < -0.39 is 5.60 Å². The molecule has 0 bridgehead atoms. The van der Waals surface area contributed by atoms with E-state index in [2.05, 4.69) is 18.3 Å². The predicted molar refractivity (Wildman–Crippen MR) is 72.8 cm³/mol. The monoisotopic (exact) mass is 249 g/mol. The second-order valence-electron chi connectivity index (χ2n) is 5.27. The largest absolute Gasteiger partial charge is 0.490 e. The number of ether oxygens (including phenoxy) is 1. The van der Waals surface area contributed by atoms with E-state index in [-0.39, 0.29) is 6.04 Å². The highest BCUT2D eigenvalue weighted by Crippen LogP contribution is 2.31. The Kier molecular flexibility index (Phi) is 4.25. The molecule has 1 aliphatic rings. The van der Waals surface area contributed by atoms with Gasteiger partial charge in [0.05, 0.1) is 5.60 Å². The first kappa shape index (κ1) is 13.4. The molecule has 1 saturated carbocycles. The van der Waals surface area contributed by atoms with Gasteiger partial charge in [-0.1, -0.05) is 31.0 Å². The first-order valence-corrected chi connectivity index (χ1v) is 6.76. The van der Waals surface area contributed by atoms with Crippen LogP contribution in [-0.4, -0.2) is 24.4 Å². The van der Waals surface area contributed by atoms with Crippen LogP contribution in [0.15, 0.2) is 24.3 Å². The highest BCUT2D eigenvalue weighted by molar-refractivity contribution is 5.35. The van der Waals surface area contributed by atoms with Crippen molar-refractivity contribution in [3.8, 4) is 5.75 Å². The molecule has 1 fully saturated rings. The van der Waals surface area contributed by atoms with Crippen molar-refractivity contribution in [2.24, 2.45) is 0 Å². The van der Waals surface area contributed by atoms with Crippen LogP contribution in [0.4, 0.5) is 0 Å². The van der Waals surface area contributed by atoms with Crippen molar-refractivity contribution in [3.63, 3.8) is 0 Å². The zero-order chi connectivity index (χ0) is 13.0. The third-order valence-corrected chi connectivity index (χ3v) is 3.85. The van der Waals surface area contributed by atoms with E-state index >= 15 is 0 Å². The van der Waals surface area contributed by atoms with Crippen molar-refractivity contribution in [3.05, 3.63) is 29.8 Å². The molecule has 3 nitrogen and oxygen atoms in total. The van der Waals surface area contributed by atoms with Crippen LogP contribution in [0.5, 0.6) is 5.75 Å². The minimum atomic E-state index is -0.615. The van der Waals surface area contributed by atoms with Crippen molar-refractivity contribution >= 4 is 0 Å². The van der Waals surface area contributed by atoms with Gasteiger partial charge in [0.2, 0.25) is 0 Å². The van der Waals surface area contributed by atoms with Crippen LogP contribution in [0.1, 0.15) is 44.2 Å². The molecule has 0 amide bonds. The molecular formula is C15H23NO2.